The predicted molar refractivity (Wildman–Crippen MR) is 119 cm³/mol. The molecular formula is C23H24N4O5. The number of hydrogen-bond donors (Lipinski definition) is 3. The van der Waals surface area contributed by atoms with Gasteiger partial charge in [-0.1, -0.05) is 12.1 Å². The van der Waals surface area contributed by atoms with Gasteiger partial charge in [0.05, 0.1) is 6.20 Å². The quantitative estimate of drug-likeness (QED) is 0.515. The van der Waals surface area contributed by atoms with E-state index in [9.17, 15) is 19.5 Å². The van der Waals surface area contributed by atoms with Crippen molar-refractivity contribution in [2.45, 2.75) is 32.9 Å². The molecule has 0 aliphatic heterocycles. The molecule has 0 aliphatic rings. The number of rotatable bonds is 5. The molecular weight excluding hydrogens is 412 g/mol. The number of aromatic nitrogens is 1. The number of hydrogen-bond acceptors (Lipinski definition) is 5. The minimum atomic E-state index is -1.01. The second-order valence-electron chi connectivity index (χ2n) is 8.09. The maximum atomic E-state index is 12.2. The molecule has 0 bridgehead atoms. The second-order valence-corrected chi connectivity index (χ2v) is 8.09. The number of nitrogens with one attached hydrogen (secondary N) is 2. The molecule has 0 aliphatic carbocycles. The molecule has 32 heavy (non-hydrogen) atoms. The van der Waals surface area contributed by atoms with Crippen molar-refractivity contribution >= 4 is 29.3 Å². The molecule has 1 heterocycles. The van der Waals surface area contributed by atoms with E-state index in [0.717, 1.165) is 11.1 Å². The fourth-order valence-corrected chi connectivity index (χ4v) is 2.92. The number of carboxylic acid groups (broad SMARTS) is 1. The van der Waals surface area contributed by atoms with Crippen molar-refractivity contribution < 1.29 is 23.9 Å². The summed E-state index contributed by atoms with van der Waals surface area (Å²) in [5.74, 6) is -1.04. The van der Waals surface area contributed by atoms with Crippen LogP contribution in [0.15, 0.2) is 65.5 Å². The van der Waals surface area contributed by atoms with E-state index in [0.29, 0.717) is 17.1 Å². The van der Waals surface area contributed by atoms with Crippen LogP contribution in [0.2, 0.25) is 0 Å². The van der Waals surface area contributed by atoms with Gasteiger partial charge in [-0.05, 0) is 62.7 Å². The number of carbonyl (C=O) groups is 3. The third kappa shape index (κ3) is 5.72. The van der Waals surface area contributed by atoms with Gasteiger partial charge in [-0.25, -0.2) is 9.78 Å². The Morgan fingerprint density at radius 3 is 1.91 bits per heavy atom. The maximum Gasteiger partial charge on any atom is 0.408 e. The molecule has 0 saturated carbocycles. The fraction of sp³-hybridized carbons (Fsp3) is 0.217. The van der Waals surface area contributed by atoms with E-state index in [4.69, 9.17) is 4.42 Å². The lowest BCUT2D eigenvalue weighted by molar-refractivity contribution is -0.132. The van der Waals surface area contributed by atoms with E-state index < -0.39 is 23.4 Å². The molecule has 3 amide bonds. The molecule has 0 radical (unpaired) electrons. The Kier molecular flexibility index (Phi) is 6.58. The van der Waals surface area contributed by atoms with Crippen LogP contribution >= 0.6 is 0 Å². The van der Waals surface area contributed by atoms with Gasteiger partial charge < -0.3 is 20.2 Å². The highest BCUT2D eigenvalue weighted by Gasteiger charge is 2.26. The van der Waals surface area contributed by atoms with Gasteiger partial charge in [-0.3, -0.25) is 14.5 Å². The minimum absolute atomic E-state index is 0.206. The van der Waals surface area contributed by atoms with E-state index in [1.54, 1.807) is 54.7 Å². The van der Waals surface area contributed by atoms with Crippen molar-refractivity contribution in [2.75, 3.05) is 10.6 Å². The zero-order valence-corrected chi connectivity index (χ0v) is 18.0. The summed E-state index contributed by atoms with van der Waals surface area (Å²) >= 11 is 0. The van der Waals surface area contributed by atoms with Crippen molar-refractivity contribution in [3.8, 4) is 11.3 Å². The molecule has 2 aromatic carbocycles. The average molecular weight is 436 g/mol. The van der Waals surface area contributed by atoms with Crippen LogP contribution in [0, 0.1) is 0 Å². The summed E-state index contributed by atoms with van der Waals surface area (Å²) in [5.41, 5.74) is 1.88. The maximum absolute atomic E-state index is 12.2. The van der Waals surface area contributed by atoms with Crippen LogP contribution in [0.4, 0.5) is 16.2 Å². The highest BCUT2D eigenvalue weighted by atomic mass is 16.4. The Labute approximate surface area is 185 Å². The second kappa shape index (κ2) is 9.34. The minimum Gasteiger partial charge on any atom is -0.465 e. The van der Waals surface area contributed by atoms with Gasteiger partial charge in [0.1, 0.15) is 0 Å². The molecule has 9 heteroatoms. The number of nitrogens with zero attached hydrogens (tertiary/aromatic N) is 2. The Morgan fingerprint density at radius 1 is 0.938 bits per heavy atom. The van der Waals surface area contributed by atoms with Gasteiger partial charge in [-0.2, -0.15) is 0 Å². The molecule has 3 N–H and O–H groups in total. The van der Waals surface area contributed by atoms with E-state index >= 15 is 0 Å². The largest absolute Gasteiger partial charge is 0.465 e. The Bertz CT molecular complexity index is 1080. The lowest BCUT2D eigenvalue weighted by Gasteiger charge is -2.33. The van der Waals surface area contributed by atoms with Crippen molar-refractivity contribution in [3.63, 3.8) is 0 Å². The topological polar surface area (TPSA) is 125 Å². The first-order valence-electron chi connectivity index (χ1n) is 9.84. The van der Waals surface area contributed by atoms with Crippen molar-refractivity contribution in [2.24, 2.45) is 0 Å². The first-order valence-corrected chi connectivity index (χ1v) is 9.84. The molecule has 3 aromatic rings. The van der Waals surface area contributed by atoms with Crippen molar-refractivity contribution in [3.05, 3.63) is 66.7 Å². The van der Waals surface area contributed by atoms with Crippen molar-refractivity contribution in [1.82, 2.24) is 9.88 Å². The van der Waals surface area contributed by atoms with Gasteiger partial charge in [-0.15, -0.1) is 0 Å². The highest BCUT2D eigenvalue weighted by molar-refractivity contribution is 6.43. The predicted octanol–water partition coefficient (Wildman–Crippen LogP) is 4.20. The third-order valence-electron chi connectivity index (χ3n) is 4.66. The molecule has 1 aromatic heterocycles. The highest BCUT2D eigenvalue weighted by Crippen LogP contribution is 2.21. The Balaban J connectivity index is 1.57. The first kappa shape index (κ1) is 22.5. The number of oxazole rings is 1. The van der Waals surface area contributed by atoms with Gasteiger partial charge in [0.25, 0.3) is 0 Å². The van der Waals surface area contributed by atoms with Gasteiger partial charge >= 0.3 is 17.9 Å². The van der Waals surface area contributed by atoms with Gasteiger partial charge in [0, 0.05) is 29.0 Å². The number of anilines is 2. The Hall–Kier alpha value is -4.14. The molecule has 0 saturated heterocycles. The molecule has 3 rings (SSSR count). The summed E-state index contributed by atoms with van der Waals surface area (Å²) in [6.07, 6.45) is 1.89. The van der Waals surface area contributed by atoms with Crippen LogP contribution < -0.4 is 10.6 Å². The summed E-state index contributed by atoms with van der Waals surface area (Å²) in [6.45, 7) is 5.65. The lowest BCUT2D eigenvalue weighted by atomic mass is 10.1. The summed E-state index contributed by atoms with van der Waals surface area (Å²) in [6, 6.07) is 13.4. The monoisotopic (exact) mass is 436 g/mol. The number of amides is 3. The molecule has 0 fully saturated rings. The summed E-state index contributed by atoms with van der Waals surface area (Å²) in [7, 11) is 0. The number of benzene rings is 2. The van der Waals surface area contributed by atoms with Crippen LogP contribution in [0.25, 0.3) is 11.3 Å². The van der Waals surface area contributed by atoms with Crippen LogP contribution in [0.3, 0.4) is 0 Å². The molecule has 9 nitrogen and oxygen atoms in total. The smallest absolute Gasteiger partial charge is 0.408 e. The van der Waals surface area contributed by atoms with Crippen LogP contribution in [-0.4, -0.2) is 38.4 Å². The molecule has 0 unspecified atom stereocenters. The molecule has 166 valence electrons. The van der Waals surface area contributed by atoms with Gasteiger partial charge in [0.15, 0.2) is 12.2 Å². The van der Waals surface area contributed by atoms with E-state index in [1.807, 2.05) is 20.8 Å². The van der Waals surface area contributed by atoms with Crippen LogP contribution in [0.1, 0.15) is 26.3 Å². The van der Waals surface area contributed by atoms with E-state index in [2.05, 4.69) is 15.6 Å². The SMILES string of the molecule is CC(C)(C)N(Cc1ccc(NC(=O)C(=O)Nc2ccc(-c3cnco3)cc2)cc1)C(=O)O. The fourth-order valence-electron chi connectivity index (χ4n) is 2.92. The zero-order valence-electron chi connectivity index (χ0n) is 18.0. The summed E-state index contributed by atoms with van der Waals surface area (Å²) in [5, 5.41) is 14.5. The lowest BCUT2D eigenvalue weighted by Crippen LogP contribution is -2.44. The third-order valence-corrected chi connectivity index (χ3v) is 4.66. The zero-order chi connectivity index (χ0) is 23.3. The first-order chi connectivity index (χ1) is 15.1. The van der Waals surface area contributed by atoms with Crippen LogP contribution in [0.5, 0.6) is 0 Å². The van der Waals surface area contributed by atoms with E-state index in [-0.39, 0.29) is 6.54 Å². The standard InChI is InChI=1S/C23H24N4O5/c1-23(2,3)27(22(30)31)13-15-4-8-17(9-5-15)25-20(28)21(29)26-18-10-6-16(7-11-18)19-12-24-14-32-19/h4-12,14H,13H2,1-3H3,(H,25,28)(H,26,29)(H,30,31). The molecule has 0 spiro atoms. The summed E-state index contributed by atoms with van der Waals surface area (Å²) < 4.78 is 5.21. The van der Waals surface area contributed by atoms with Crippen LogP contribution in [-0.2, 0) is 16.1 Å². The van der Waals surface area contributed by atoms with E-state index in [1.165, 1.54) is 11.3 Å². The van der Waals surface area contributed by atoms with Gasteiger partial charge in [0.2, 0.25) is 0 Å². The normalized spacial score (nSPS) is 11.0. The summed E-state index contributed by atoms with van der Waals surface area (Å²) in [4.78, 5) is 41.1. The Morgan fingerprint density at radius 2 is 1.47 bits per heavy atom. The number of carbonyl (C=O) groups excluding carboxylic acids is 2. The average Bonchev–Trinajstić information content (AvgIpc) is 3.27. The van der Waals surface area contributed by atoms with Crippen molar-refractivity contribution in [1.29, 1.82) is 0 Å². The molecule has 0 atom stereocenters.